The summed E-state index contributed by atoms with van der Waals surface area (Å²) in [7, 11) is 1.49. The molecule has 122 valence electrons. The number of carboxylic acids is 1. The van der Waals surface area contributed by atoms with Crippen molar-refractivity contribution in [3.63, 3.8) is 0 Å². The van der Waals surface area contributed by atoms with E-state index in [-0.39, 0.29) is 11.9 Å². The van der Waals surface area contributed by atoms with Crippen LogP contribution in [0.4, 0.5) is 0 Å². The first-order valence-electron chi connectivity index (χ1n) is 7.48. The summed E-state index contributed by atoms with van der Waals surface area (Å²) in [6.45, 7) is 5.52. The highest BCUT2D eigenvalue weighted by Crippen LogP contribution is 2.61. The minimum atomic E-state index is -0.781. The van der Waals surface area contributed by atoms with Gasteiger partial charge < -0.3 is 9.84 Å². The molecule has 0 radical (unpaired) electrons. The SMILES string of the molecule is CCC1(C(=O)O)CC1c1cc(-n2nc(C)nc2C)nc(OC)n1. The quantitative estimate of drug-likeness (QED) is 0.894. The number of aromatic nitrogens is 5. The second kappa shape index (κ2) is 5.29. The number of carboxylic acid groups (broad SMARTS) is 1. The van der Waals surface area contributed by atoms with Crippen molar-refractivity contribution in [1.82, 2.24) is 24.7 Å². The summed E-state index contributed by atoms with van der Waals surface area (Å²) in [4.78, 5) is 24.5. The van der Waals surface area contributed by atoms with Crippen LogP contribution in [0, 0.1) is 19.3 Å². The van der Waals surface area contributed by atoms with Crippen LogP contribution in [0.15, 0.2) is 6.07 Å². The van der Waals surface area contributed by atoms with Crippen molar-refractivity contribution in [3.8, 4) is 11.8 Å². The average Bonchev–Trinajstić information content (AvgIpc) is 3.19. The van der Waals surface area contributed by atoms with Crippen molar-refractivity contribution in [1.29, 1.82) is 0 Å². The van der Waals surface area contributed by atoms with Gasteiger partial charge in [0.2, 0.25) is 0 Å². The van der Waals surface area contributed by atoms with Gasteiger partial charge in [0, 0.05) is 12.0 Å². The summed E-state index contributed by atoms with van der Waals surface area (Å²) in [5, 5.41) is 13.8. The van der Waals surface area contributed by atoms with Gasteiger partial charge in [0.1, 0.15) is 11.6 Å². The maximum atomic E-state index is 11.6. The average molecular weight is 317 g/mol. The third kappa shape index (κ3) is 2.43. The van der Waals surface area contributed by atoms with Gasteiger partial charge in [-0.25, -0.2) is 4.98 Å². The Labute approximate surface area is 133 Å². The summed E-state index contributed by atoms with van der Waals surface area (Å²) in [5.74, 6) is 0.959. The van der Waals surface area contributed by atoms with E-state index >= 15 is 0 Å². The summed E-state index contributed by atoms with van der Waals surface area (Å²) in [6, 6.07) is 1.97. The molecule has 2 aromatic heterocycles. The lowest BCUT2D eigenvalue weighted by atomic mass is 9.99. The fourth-order valence-corrected chi connectivity index (χ4v) is 3.02. The Balaban J connectivity index is 2.05. The van der Waals surface area contributed by atoms with Gasteiger partial charge in [-0.2, -0.15) is 14.6 Å². The molecule has 0 aliphatic heterocycles. The Morgan fingerprint density at radius 3 is 2.65 bits per heavy atom. The van der Waals surface area contributed by atoms with Crippen molar-refractivity contribution in [3.05, 3.63) is 23.4 Å². The molecule has 0 aromatic carbocycles. The largest absolute Gasteiger partial charge is 0.481 e. The Morgan fingerprint density at radius 1 is 1.43 bits per heavy atom. The van der Waals surface area contributed by atoms with Crippen LogP contribution in [-0.4, -0.2) is 42.9 Å². The second-order valence-electron chi connectivity index (χ2n) is 5.83. The normalized spacial score (nSPS) is 22.9. The summed E-state index contributed by atoms with van der Waals surface area (Å²) in [5.41, 5.74) is -0.0621. The molecule has 1 aliphatic carbocycles. The maximum absolute atomic E-state index is 11.6. The topological polar surface area (TPSA) is 103 Å². The molecule has 1 N–H and O–H groups in total. The van der Waals surface area contributed by atoms with E-state index in [0.29, 0.717) is 36.0 Å². The summed E-state index contributed by atoms with van der Waals surface area (Å²) < 4.78 is 6.78. The van der Waals surface area contributed by atoms with E-state index < -0.39 is 11.4 Å². The molecule has 0 saturated heterocycles. The molecule has 2 aromatic rings. The number of rotatable bonds is 5. The lowest BCUT2D eigenvalue weighted by molar-refractivity contribution is -0.143. The third-order valence-electron chi connectivity index (χ3n) is 4.48. The number of nitrogens with zero attached hydrogens (tertiary/aromatic N) is 5. The molecule has 1 aliphatic rings. The monoisotopic (exact) mass is 317 g/mol. The fourth-order valence-electron chi connectivity index (χ4n) is 3.02. The summed E-state index contributed by atoms with van der Waals surface area (Å²) >= 11 is 0. The Morgan fingerprint density at radius 2 is 2.17 bits per heavy atom. The van der Waals surface area contributed by atoms with E-state index in [1.165, 1.54) is 7.11 Å². The highest BCUT2D eigenvalue weighted by Gasteiger charge is 2.60. The van der Waals surface area contributed by atoms with Crippen LogP contribution in [0.5, 0.6) is 6.01 Å². The van der Waals surface area contributed by atoms with Crippen LogP contribution < -0.4 is 4.74 Å². The minimum absolute atomic E-state index is 0.134. The third-order valence-corrected chi connectivity index (χ3v) is 4.48. The highest BCUT2D eigenvalue weighted by molar-refractivity contribution is 5.80. The van der Waals surface area contributed by atoms with E-state index in [1.807, 2.05) is 13.8 Å². The van der Waals surface area contributed by atoms with Crippen LogP contribution in [0.1, 0.15) is 43.0 Å². The zero-order chi connectivity index (χ0) is 16.8. The highest BCUT2D eigenvalue weighted by atomic mass is 16.5. The minimum Gasteiger partial charge on any atom is -0.481 e. The predicted molar refractivity (Wildman–Crippen MR) is 80.7 cm³/mol. The molecule has 0 bridgehead atoms. The van der Waals surface area contributed by atoms with Crippen LogP contribution >= 0.6 is 0 Å². The summed E-state index contributed by atoms with van der Waals surface area (Å²) in [6.07, 6.45) is 1.14. The van der Waals surface area contributed by atoms with Crippen molar-refractivity contribution in [2.75, 3.05) is 7.11 Å². The molecule has 3 rings (SSSR count). The molecule has 2 atom stereocenters. The van der Waals surface area contributed by atoms with Gasteiger partial charge in [-0.3, -0.25) is 4.79 Å². The molecule has 0 spiro atoms. The lowest BCUT2D eigenvalue weighted by Crippen LogP contribution is -2.16. The van der Waals surface area contributed by atoms with Gasteiger partial charge in [0.15, 0.2) is 5.82 Å². The number of methoxy groups -OCH3 is 1. The number of ether oxygens (including phenoxy) is 1. The van der Waals surface area contributed by atoms with Gasteiger partial charge in [0.05, 0.1) is 18.2 Å². The second-order valence-corrected chi connectivity index (χ2v) is 5.83. The molecule has 1 fully saturated rings. The van der Waals surface area contributed by atoms with E-state index in [0.717, 1.165) is 0 Å². The van der Waals surface area contributed by atoms with Gasteiger partial charge in [-0.1, -0.05) is 6.92 Å². The number of hydrogen-bond acceptors (Lipinski definition) is 6. The van der Waals surface area contributed by atoms with E-state index in [1.54, 1.807) is 17.7 Å². The Kier molecular flexibility index (Phi) is 3.54. The Bertz CT molecular complexity index is 772. The standard InChI is InChI=1S/C15H19N5O3/c1-5-15(13(21)22)7-10(15)11-6-12(18-14(17-11)23-4)20-9(3)16-8(2)19-20/h6,10H,5,7H2,1-4H3,(H,21,22). The molecular weight excluding hydrogens is 298 g/mol. The number of hydrogen-bond donors (Lipinski definition) is 1. The van der Waals surface area contributed by atoms with Crippen LogP contribution in [-0.2, 0) is 4.79 Å². The molecule has 8 heteroatoms. The zero-order valence-electron chi connectivity index (χ0n) is 13.6. The first-order chi connectivity index (χ1) is 10.9. The van der Waals surface area contributed by atoms with Gasteiger partial charge >= 0.3 is 12.0 Å². The van der Waals surface area contributed by atoms with E-state index in [2.05, 4.69) is 20.1 Å². The first-order valence-corrected chi connectivity index (χ1v) is 7.48. The fraction of sp³-hybridized carbons (Fsp3) is 0.533. The van der Waals surface area contributed by atoms with Crippen molar-refractivity contribution in [2.45, 2.75) is 39.5 Å². The van der Waals surface area contributed by atoms with E-state index in [4.69, 9.17) is 4.74 Å². The molecule has 8 nitrogen and oxygen atoms in total. The smallest absolute Gasteiger partial charge is 0.318 e. The predicted octanol–water partition coefficient (Wildman–Crippen LogP) is 1.65. The molecule has 0 amide bonds. The molecule has 2 heterocycles. The van der Waals surface area contributed by atoms with Crippen LogP contribution in [0.2, 0.25) is 0 Å². The molecule has 23 heavy (non-hydrogen) atoms. The van der Waals surface area contributed by atoms with Crippen molar-refractivity contribution in [2.24, 2.45) is 5.41 Å². The zero-order valence-corrected chi connectivity index (χ0v) is 13.6. The number of aliphatic carboxylic acids is 1. The first kappa shape index (κ1) is 15.4. The van der Waals surface area contributed by atoms with Crippen LogP contribution in [0.25, 0.3) is 5.82 Å². The van der Waals surface area contributed by atoms with Gasteiger partial charge in [-0.15, -0.1) is 5.10 Å². The number of carbonyl (C=O) groups is 1. The van der Waals surface area contributed by atoms with Crippen molar-refractivity contribution >= 4 is 5.97 Å². The lowest BCUT2D eigenvalue weighted by Gasteiger charge is -2.11. The molecule has 2 unspecified atom stereocenters. The maximum Gasteiger partial charge on any atom is 0.318 e. The molecular formula is C15H19N5O3. The van der Waals surface area contributed by atoms with Gasteiger partial charge in [-0.05, 0) is 26.7 Å². The Hall–Kier alpha value is -2.51. The van der Waals surface area contributed by atoms with Crippen molar-refractivity contribution < 1.29 is 14.6 Å². The van der Waals surface area contributed by atoms with Gasteiger partial charge in [0.25, 0.3) is 0 Å². The van der Waals surface area contributed by atoms with Crippen LogP contribution in [0.3, 0.4) is 0 Å². The van der Waals surface area contributed by atoms with E-state index in [9.17, 15) is 9.90 Å². The number of aryl methyl sites for hydroxylation is 2. The molecule has 1 saturated carbocycles.